The van der Waals surface area contributed by atoms with E-state index in [1.165, 1.54) is 38.5 Å². The maximum atomic E-state index is 11.0. The molecule has 0 aliphatic rings. The van der Waals surface area contributed by atoms with Crippen LogP contribution >= 0.6 is 0 Å². The van der Waals surface area contributed by atoms with Crippen LogP contribution < -0.4 is 5.32 Å². The smallest absolute Gasteiger partial charge is 0.335 e. The lowest BCUT2D eigenvalue weighted by Crippen LogP contribution is -2.02. The molecule has 3 heteroatoms. The Kier molecular flexibility index (Phi) is 9.00. The van der Waals surface area contributed by atoms with Gasteiger partial charge in [0.1, 0.15) is 0 Å². The van der Waals surface area contributed by atoms with Crippen LogP contribution in [0.25, 0.3) is 0 Å². The minimum Gasteiger partial charge on any atom is -0.478 e. The van der Waals surface area contributed by atoms with Crippen LogP contribution in [0.5, 0.6) is 0 Å². The first-order valence-electron chi connectivity index (χ1n) is 9.84. The van der Waals surface area contributed by atoms with Crippen LogP contribution in [-0.2, 0) is 6.54 Å². The van der Waals surface area contributed by atoms with E-state index in [0.29, 0.717) is 6.54 Å². The highest BCUT2D eigenvalue weighted by Crippen LogP contribution is 2.13. The second kappa shape index (κ2) is 11.8. The van der Waals surface area contributed by atoms with Gasteiger partial charge in [-0.1, -0.05) is 69.1 Å². The summed E-state index contributed by atoms with van der Waals surface area (Å²) in [5, 5.41) is 12.3. The van der Waals surface area contributed by atoms with Crippen LogP contribution in [0.4, 0.5) is 5.69 Å². The van der Waals surface area contributed by atoms with Crippen molar-refractivity contribution in [2.75, 3.05) is 5.32 Å². The van der Waals surface area contributed by atoms with Crippen molar-refractivity contribution in [3.05, 3.63) is 65.2 Å². The third-order valence-electron chi connectivity index (χ3n) is 4.45. The van der Waals surface area contributed by atoms with Crippen molar-refractivity contribution in [1.29, 1.82) is 0 Å². The molecule has 2 aromatic carbocycles. The van der Waals surface area contributed by atoms with Crippen LogP contribution in [0, 0.1) is 11.8 Å². The molecule has 0 aliphatic heterocycles. The molecule has 27 heavy (non-hydrogen) atoms. The average Bonchev–Trinajstić information content (AvgIpc) is 2.69. The lowest BCUT2D eigenvalue weighted by atomic mass is 10.1. The van der Waals surface area contributed by atoms with Gasteiger partial charge in [0.15, 0.2) is 0 Å². The van der Waals surface area contributed by atoms with E-state index in [1.54, 1.807) is 18.2 Å². The number of hydrogen-bond acceptors (Lipinski definition) is 2. The Balaban J connectivity index is 1.74. The number of carboxylic acids is 1. The summed E-state index contributed by atoms with van der Waals surface area (Å²) in [5.74, 6) is 5.58. The third kappa shape index (κ3) is 8.00. The second-order valence-corrected chi connectivity index (χ2v) is 6.76. The molecule has 0 radical (unpaired) electrons. The van der Waals surface area contributed by atoms with Crippen molar-refractivity contribution in [3.63, 3.8) is 0 Å². The van der Waals surface area contributed by atoms with Gasteiger partial charge in [-0.2, -0.15) is 0 Å². The highest BCUT2D eigenvalue weighted by molar-refractivity contribution is 5.88. The van der Waals surface area contributed by atoms with Gasteiger partial charge in [-0.15, -0.1) is 0 Å². The van der Waals surface area contributed by atoms with Crippen molar-refractivity contribution >= 4 is 11.7 Å². The van der Waals surface area contributed by atoms with E-state index in [-0.39, 0.29) is 5.56 Å². The Labute approximate surface area is 162 Å². The summed E-state index contributed by atoms with van der Waals surface area (Å²) >= 11 is 0. The van der Waals surface area contributed by atoms with E-state index in [9.17, 15) is 4.79 Å². The molecule has 0 saturated carbocycles. The summed E-state index contributed by atoms with van der Waals surface area (Å²) in [6.07, 6.45) is 8.75. The minimum atomic E-state index is -0.914. The lowest BCUT2D eigenvalue weighted by Gasteiger charge is -2.07. The van der Waals surface area contributed by atoms with Gasteiger partial charge < -0.3 is 10.4 Å². The average molecular weight is 364 g/mol. The zero-order valence-electron chi connectivity index (χ0n) is 16.1. The number of aromatic carboxylic acids is 1. The maximum Gasteiger partial charge on any atom is 0.335 e. The third-order valence-corrected chi connectivity index (χ3v) is 4.45. The lowest BCUT2D eigenvalue weighted by molar-refractivity contribution is 0.0697. The Morgan fingerprint density at radius 3 is 2.48 bits per heavy atom. The molecule has 0 saturated heterocycles. The number of carbonyl (C=O) groups is 1. The Morgan fingerprint density at radius 1 is 1.00 bits per heavy atom. The van der Waals surface area contributed by atoms with Gasteiger partial charge in [-0.25, -0.2) is 4.79 Å². The normalized spacial score (nSPS) is 10.1. The number of carboxylic acid groups (broad SMARTS) is 1. The Morgan fingerprint density at radius 2 is 1.74 bits per heavy atom. The largest absolute Gasteiger partial charge is 0.478 e. The van der Waals surface area contributed by atoms with Crippen LogP contribution in [-0.4, -0.2) is 11.1 Å². The summed E-state index contributed by atoms with van der Waals surface area (Å²) in [6, 6.07) is 15.0. The molecule has 142 valence electrons. The maximum absolute atomic E-state index is 11.0. The van der Waals surface area contributed by atoms with Crippen LogP contribution in [0.3, 0.4) is 0 Å². The van der Waals surface area contributed by atoms with Crippen molar-refractivity contribution in [2.45, 2.75) is 58.4 Å². The second-order valence-electron chi connectivity index (χ2n) is 6.76. The van der Waals surface area contributed by atoms with Crippen LogP contribution in [0.1, 0.15) is 73.4 Å². The number of unbranched alkanes of at least 4 members (excludes halogenated alkanes) is 6. The fourth-order valence-corrected chi connectivity index (χ4v) is 2.83. The van der Waals surface area contributed by atoms with E-state index in [4.69, 9.17) is 5.11 Å². The predicted octanol–water partition coefficient (Wildman–Crippen LogP) is 6.10. The highest BCUT2D eigenvalue weighted by atomic mass is 16.4. The molecule has 2 N–H and O–H groups in total. The fourth-order valence-electron chi connectivity index (χ4n) is 2.83. The van der Waals surface area contributed by atoms with Crippen molar-refractivity contribution in [1.82, 2.24) is 0 Å². The summed E-state index contributed by atoms with van der Waals surface area (Å²) in [4.78, 5) is 11.0. The molecular formula is C24H29NO2. The van der Waals surface area contributed by atoms with Gasteiger partial charge in [-0.05, 0) is 42.3 Å². The molecule has 0 fully saturated rings. The summed E-state index contributed by atoms with van der Waals surface area (Å²) in [7, 11) is 0. The van der Waals surface area contributed by atoms with Gasteiger partial charge in [-0.3, -0.25) is 0 Å². The predicted molar refractivity (Wildman–Crippen MR) is 112 cm³/mol. The summed E-state index contributed by atoms with van der Waals surface area (Å²) < 4.78 is 0. The Hall–Kier alpha value is -2.73. The van der Waals surface area contributed by atoms with Crippen LogP contribution in [0.15, 0.2) is 48.5 Å². The number of benzene rings is 2. The SMILES string of the molecule is CCCCCCCCC#Cc1ccc(CNc2cccc(C(=O)O)c2)cc1. The van der Waals surface area contributed by atoms with Crippen molar-refractivity contribution < 1.29 is 9.90 Å². The highest BCUT2D eigenvalue weighted by Gasteiger charge is 2.02. The molecule has 0 amide bonds. The van der Waals surface area contributed by atoms with Crippen LogP contribution in [0.2, 0.25) is 0 Å². The number of rotatable bonds is 10. The van der Waals surface area contributed by atoms with Gasteiger partial charge in [0.2, 0.25) is 0 Å². The van der Waals surface area contributed by atoms with E-state index in [0.717, 1.165) is 23.2 Å². The molecule has 2 rings (SSSR count). The first-order valence-corrected chi connectivity index (χ1v) is 9.84. The molecule has 0 atom stereocenters. The first-order chi connectivity index (χ1) is 13.2. The van der Waals surface area contributed by atoms with Crippen molar-refractivity contribution in [3.8, 4) is 11.8 Å². The van der Waals surface area contributed by atoms with Gasteiger partial charge in [0.05, 0.1) is 5.56 Å². The van der Waals surface area contributed by atoms with Gasteiger partial charge >= 0.3 is 5.97 Å². The standard InChI is InChI=1S/C24H29NO2/c1-2-3-4-5-6-7-8-9-11-20-14-16-21(17-15-20)19-25-23-13-10-12-22(18-23)24(26)27/h10,12-18,25H,2-8,19H2,1H3,(H,26,27). The summed E-state index contributed by atoms with van der Waals surface area (Å²) in [5.41, 5.74) is 3.27. The van der Waals surface area contributed by atoms with Gasteiger partial charge in [0, 0.05) is 24.2 Å². The molecule has 0 aliphatic carbocycles. The number of nitrogens with one attached hydrogen (secondary N) is 1. The molecular weight excluding hydrogens is 334 g/mol. The van der Waals surface area contributed by atoms with E-state index >= 15 is 0 Å². The fraction of sp³-hybridized carbons (Fsp3) is 0.375. The number of hydrogen-bond donors (Lipinski definition) is 2. The topological polar surface area (TPSA) is 49.3 Å². The van der Waals surface area contributed by atoms with Crippen molar-refractivity contribution in [2.24, 2.45) is 0 Å². The molecule has 2 aromatic rings. The molecule has 0 heterocycles. The quantitative estimate of drug-likeness (QED) is 0.396. The molecule has 0 bridgehead atoms. The van der Waals surface area contributed by atoms with E-state index in [2.05, 4.69) is 36.2 Å². The number of anilines is 1. The monoisotopic (exact) mass is 363 g/mol. The molecule has 3 nitrogen and oxygen atoms in total. The van der Waals surface area contributed by atoms with Gasteiger partial charge in [0.25, 0.3) is 0 Å². The summed E-state index contributed by atoms with van der Waals surface area (Å²) in [6.45, 7) is 2.89. The first kappa shape index (κ1) is 20.6. The molecule has 0 spiro atoms. The molecule has 0 aromatic heterocycles. The van der Waals surface area contributed by atoms with E-state index in [1.807, 2.05) is 18.2 Å². The minimum absolute atomic E-state index is 0.288. The van der Waals surface area contributed by atoms with E-state index < -0.39 is 5.97 Å². The zero-order chi connectivity index (χ0) is 19.3. The zero-order valence-corrected chi connectivity index (χ0v) is 16.1. The molecule has 0 unspecified atom stereocenters. The Bertz CT molecular complexity index is 769.